The highest BCUT2D eigenvalue weighted by Gasteiger charge is 2.16. The van der Waals surface area contributed by atoms with Crippen molar-refractivity contribution in [3.63, 3.8) is 0 Å². The number of aromatic nitrogens is 4. The van der Waals surface area contributed by atoms with Crippen molar-refractivity contribution in [1.29, 1.82) is 0 Å². The second kappa shape index (κ2) is 7.58. The molecule has 0 radical (unpaired) electrons. The Balaban J connectivity index is 1.56. The van der Waals surface area contributed by atoms with E-state index < -0.39 is 0 Å². The number of para-hydroxylation sites is 1. The van der Waals surface area contributed by atoms with Crippen molar-refractivity contribution in [3.8, 4) is 6.01 Å². The lowest BCUT2D eigenvalue weighted by atomic mass is 10.1. The summed E-state index contributed by atoms with van der Waals surface area (Å²) in [6, 6.07) is 8.35. The maximum Gasteiger partial charge on any atom is 0.322 e. The molecule has 0 atom stereocenters. The van der Waals surface area contributed by atoms with Gasteiger partial charge in [-0.2, -0.15) is 20.1 Å². The Morgan fingerprint density at radius 3 is 2.85 bits per heavy atom. The molecule has 4 rings (SSSR count). The van der Waals surface area contributed by atoms with Crippen LogP contribution in [0.4, 0.5) is 11.9 Å². The molecule has 140 valence electrons. The zero-order valence-corrected chi connectivity index (χ0v) is 15.3. The van der Waals surface area contributed by atoms with Crippen molar-refractivity contribution in [3.05, 3.63) is 35.5 Å². The molecular weight excluding hydrogens is 346 g/mol. The van der Waals surface area contributed by atoms with E-state index in [9.17, 15) is 0 Å². The molecule has 0 unspecified atom stereocenters. The van der Waals surface area contributed by atoms with Crippen molar-refractivity contribution in [2.75, 3.05) is 43.7 Å². The highest BCUT2D eigenvalue weighted by atomic mass is 16.5. The lowest BCUT2D eigenvalue weighted by Crippen LogP contribution is -2.37. The minimum Gasteiger partial charge on any atom is -0.467 e. The van der Waals surface area contributed by atoms with Gasteiger partial charge in [0.15, 0.2) is 0 Å². The Labute approximate surface area is 156 Å². The number of benzene rings is 1. The zero-order valence-electron chi connectivity index (χ0n) is 15.3. The topological polar surface area (TPSA) is 101 Å². The molecule has 0 spiro atoms. The largest absolute Gasteiger partial charge is 0.467 e. The first kappa shape index (κ1) is 17.2. The quantitative estimate of drug-likeness (QED) is 0.525. The Morgan fingerprint density at radius 1 is 1.22 bits per heavy atom. The summed E-state index contributed by atoms with van der Waals surface area (Å²) in [6.07, 6.45) is 1.76. The van der Waals surface area contributed by atoms with E-state index in [4.69, 9.17) is 9.47 Å². The fraction of sp³-hybridized carbons (Fsp3) is 0.333. The number of ether oxygens (including phenoxy) is 2. The first-order valence-electron chi connectivity index (χ1n) is 8.74. The number of morpholine rings is 1. The average Bonchev–Trinajstić information content (AvgIpc) is 3.04. The summed E-state index contributed by atoms with van der Waals surface area (Å²) in [5, 5.41) is 5.42. The number of anilines is 2. The second-order valence-electron chi connectivity index (χ2n) is 6.12. The van der Waals surface area contributed by atoms with E-state index in [1.807, 2.05) is 30.0 Å². The van der Waals surface area contributed by atoms with E-state index in [0.29, 0.717) is 25.1 Å². The highest BCUT2D eigenvalue weighted by Crippen LogP contribution is 2.20. The molecule has 0 aliphatic carbocycles. The molecule has 1 aromatic carbocycles. The number of methoxy groups -OCH3 is 1. The minimum absolute atomic E-state index is 0.243. The molecule has 0 saturated carbocycles. The third-order valence-electron chi connectivity index (χ3n) is 4.38. The maximum atomic E-state index is 5.37. The van der Waals surface area contributed by atoms with Crippen molar-refractivity contribution in [1.82, 2.24) is 19.9 Å². The van der Waals surface area contributed by atoms with E-state index in [1.165, 1.54) is 7.11 Å². The van der Waals surface area contributed by atoms with Gasteiger partial charge in [-0.1, -0.05) is 18.2 Å². The van der Waals surface area contributed by atoms with Crippen molar-refractivity contribution < 1.29 is 9.47 Å². The van der Waals surface area contributed by atoms with Gasteiger partial charge in [0.25, 0.3) is 5.95 Å². The van der Waals surface area contributed by atoms with E-state index in [1.54, 1.807) is 6.21 Å². The molecule has 1 aliphatic rings. The number of hydrogen-bond acceptors (Lipinski definition) is 8. The van der Waals surface area contributed by atoms with Crippen LogP contribution in [0.25, 0.3) is 10.9 Å². The Hall–Kier alpha value is -3.20. The third kappa shape index (κ3) is 3.68. The number of hydrazone groups is 1. The fourth-order valence-corrected chi connectivity index (χ4v) is 3.01. The van der Waals surface area contributed by atoms with Crippen LogP contribution in [-0.2, 0) is 4.74 Å². The molecule has 3 heterocycles. The van der Waals surface area contributed by atoms with Gasteiger partial charge in [-0.25, -0.2) is 5.43 Å². The minimum atomic E-state index is 0.243. The van der Waals surface area contributed by atoms with Gasteiger partial charge in [-0.3, -0.25) is 0 Å². The van der Waals surface area contributed by atoms with E-state index in [-0.39, 0.29) is 6.01 Å². The van der Waals surface area contributed by atoms with Crippen LogP contribution in [0.15, 0.2) is 29.4 Å². The van der Waals surface area contributed by atoms with Gasteiger partial charge in [0.1, 0.15) is 0 Å². The lowest BCUT2D eigenvalue weighted by molar-refractivity contribution is 0.122. The molecular formula is C18H21N7O2. The zero-order chi connectivity index (χ0) is 18.6. The number of aromatic amines is 1. The van der Waals surface area contributed by atoms with Crippen molar-refractivity contribution in [2.45, 2.75) is 6.92 Å². The molecule has 2 aromatic heterocycles. The summed E-state index contributed by atoms with van der Waals surface area (Å²) >= 11 is 0. The molecule has 9 nitrogen and oxygen atoms in total. The van der Waals surface area contributed by atoms with Gasteiger partial charge in [0.2, 0.25) is 5.95 Å². The van der Waals surface area contributed by atoms with Crippen LogP contribution in [0.5, 0.6) is 6.01 Å². The molecule has 27 heavy (non-hydrogen) atoms. The van der Waals surface area contributed by atoms with Crippen LogP contribution >= 0.6 is 0 Å². The van der Waals surface area contributed by atoms with Crippen molar-refractivity contribution >= 4 is 29.0 Å². The normalized spacial score (nSPS) is 14.8. The van der Waals surface area contributed by atoms with Crippen LogP contribution in [0.1, 0.15) is 11.3 Å². The first-order chi connectivity index (χ1) is 13.2. The number of aryl methyl sites for hydroxylation is 1. The smallest absolute Gasteiger partial charge is 0.322 e. The van der Waals surface area contributed by atoms with Crippen LogP contribution in [0, 0.1) is 6.92 Å². The Kier molecular flexibility index (Phi) is 4.84. The van der Waals surface area contributed by atoms with E-state index in [2.05, 4.69) is 36.5 Å². The maximum absolute atomic E-state index is 5.37. The number of fused-ring (bicyclic) bond motifs is 1. The van der Waals surface area contributed by atoms with E-state index >= 15 is 0 Å². The van der Waals surface area contributed by atoms with Gasteiger partial charge in [-0.05, 0) is 13.0 Å². The molecule has 1 saturated heterocycles. The predicted octanol–water partition coefficient (Wildman–Crippen LogP) is 1.95. The van der Waals surface area contributed by atoms with Crippen molar-refractivity contribution in [2.24, 2.45) is 5.10 Å². The molecule has 1 aliphatic heterocycles. The Bertz CT molecular complexity index is 963. The second-order valence-corrected chi connectivity index (χ2v) is 6.12. The number of H-pyrrole nitrogens is 1. The summed E-state index contributed by atoms with van der Waals surface area (Å²) in [4.78, 5) is 18.4. The number of nitrogens with one attached hydrogen (secondary N) is 2. The molecule has 9 heteroatoms. The fourth-order valence-electron chi connectivity index (χ4n) is 3.01. The monoisotopic (exact) mass is 367 g/mol. The number of nitrogens with zero attached hydrogens (tertiary/aromatic N) is 5. The summed E-state index contributed by atoms with van der Waals surface area (Å²) in [5.74, 6) is 0.878. The molecule has 1 fully saturated rings. The van der Waals surface area contributed by atoms with E-state index in [0.717, 1.165) is 35.2 Å². The van der Waals surface area contributed by atoms with Crippen LogP contribution in [0.2, 0.25) is 0 Å². The van der Waals surface area contributed by atoms with Gasteiger partial charge in [0, 0.05) is 35.2 Å². The number of hydrogen-bond donors (Lipinski definition) is 2. The highest BCUT2D eigenvalue weighted by molar-refractivity contribution is 6.00. The summed E-state index contributed by atoms with van der Waals surface area (Å²) in [6.45, 7) is 4.77. The SMILES string of the molecule is COc1nc(N/N=C\c2c(C)[nH]c3ccccc23)nc(N2CCOCC2)n1. The molecule has 2 N–H and O–H groups in total. The molecule has 3 aromatic rings. The standard InChI is InChI=1S/C18H21N7O2/c1-12-14(13-5-3-4-6-15(13)20-12)11-19-24-16-21-17(23-18(22-16)26-2)25-7-9-27-10-8-25/h3-6,11,20H,7-10H2,1-2H3,(H,21,22,23,24)/b19-11-. The average molecular weight is 367 g/mol. The summed E-state index contributed by atoms with van der Waals surface area (Å²) in [5.41, 5.74) is 6.03. The van der Waals surface area contributed by atoms with Gasteiger partial charge < -0.3 is 19.4 Å². The van der Waals surface area contributed by atoms with Crippen LogP contribution < -0.4 is 15.1 Å². The molecule has 0 amide bonds. The summed E-state index contributed by atoms with van der Waals surface area (Å²) in [7, 11) is 1.53. The predicted molar refractivity (Wildman–Crippen MR) is 104 cm³/mol. The first-order valence-corrected chi connectivity index (χ1v) is 8.74. The van der Waals surface area contributed by atoms with Crippen LogP contribution in [-0.4, -0.2) is 59.6 Å². The van der Waals surface area contributed by atoms with Crippen LogP contribution in [0.3, 0.4) is 0 Å². The molecule has 0 bridgehead atoms. The third-order valence-corrected chi connectivity index (χ3v) is 4.38. The van der Waals surface area contributed by atoms with Gasteiger partial charge >= 0.3 is 6.01 Å². The van der Waals surface area contributed by atoms with Gasteiger partial charge in [0.05, 0.1) is 26.5 Å². The van der Waals surface area contributed by atoms with Gasteiger partial charge in [-0.15, -0.1) is 0 Å². The lowest BCUT2D eigenvalue weighted by Gasteiger charge is -2.26. The summed E-state index contributed by atoms with van der Waals surface area (Å²) < 4.78 is 10.6. The number of rotatable bonds is 5. The Morgan fingerprint density at radius 2 is 2.04 bits per heavy atom.